The van der Waals surface area contributed by atoms with Gasteiger partial charge in [0.2, 0.25) is 0 Å². The highest BCUT2D eigenvalue weighted by atomic mass is 19.1. The van der Waals surface area contributed by atoms with Gasteiger partial charge in [-0.2, -0.15) is 5.26 Å². The number of nitrogens with zero attached hydrogens (tertiary/aromatic N) is 4. The van der Waals surface area contributed by atoms with Crippen molar-refractivity contribution >= 4 is 17.3 Å². The molecule has 0 amide bonds. The molecule has 0 saturated carbocycles. The fourth-order valence-electron chi connectivity index (χ4n) is 5.45. The van der Waals surface area contributed by atoms with Crippen LogP contribution < -0.4 is 19.1 Å². The van der Waals surface area contributed by atoms with E-state index in [2.05, 4.69) is 36.6 Å². The first-order chi connectivity index (χ1) is 19.5. The van der Waals surface area contributed by atoms with Gasteiger partial charge in [0, 0.05) is 43.9 Å². The Balaban J connectivity index is 1.65. The summed E-state index contributed by atoms with van der Waals surface area (Å²) in [6.07, 6.45) is 0. The van der Waals surface area contributed by atoms with E-state index in [1.165, 1.54) is 0 Å². The molecule has 2 aliphatic rings. The largest absolute Gasteiger partial charge is 0.494 e. The van der Waals surface area contributed by atoms with Crippen LogP contribution in [0.5, 0.6) is 17.2 Å². The Kier molecular flexibility index (Phi) is 9.08. The predicted molar refractivity (Wildman–Crippen MR) is 156 cm³/mol. The maximum absolute atomic E-state index is 15.5. The topological polar surface area (TPSA) is 102 Å². The van der Waals surface area contributed by atoms with Gasteiger partial charge < -0.3 is 24.0 Å². The van der Waals surface area contributed by atoms with Crippen molar-refractivity contribution in [2.75, 3.05) is 64.5 Å². The summed E-state index contributed by atoms with van der Waals surface area (Å²) in [6, 6.07) is 7.67. The van der Waals surface area contributed by atoms with Gasteiger partial charge in [-0.1, -0.05) is 20.8 Å². The number of amidine groups is 1. The maximum atomic E-state index is 15.5. The van der Waals surface area contributed by atoms with Crippen molar-refractivity contribution in [2.45, 2.75) is 46.6 Å². The normalized spacial score (nSPS) is 15.5. The number of ketones is 1. The van der Waals surface area contributed by atoms with Crippen molar-refractivity contribution in [2.24, 2.45) is 0 Å². The Morgan fingerprint density at radius 1 is 1.07 bits per heavy atom. The number of nitriles is 1. The van der Waals surface area contributed by atoms with Crippen molar-refractivity contribution in [1.29, 1.82) is 10.7 Å². The van der Waals surface area contributed by atoms with Crippen molar-refractivity contribution < 1.29 is 23.4 Å². The third-order valence-corrected chi connectivity index (χ3v) is 7.52. The number of carbonyl (C=O) groups excluding carboxylic acids is 1. The number of Topliss-reactive ketones (excluding diaryl/α,β-unsaturated/α-hetero) is 1. The third kappa shape index (κ3) is 6.10. The summed E-state index contributed by atoms with van der Waals surface area (Å²) in [6.45, 7) is 13.8. The molecule has 0 aliphatic carbocycles. The molecule has 0 aromatic heterocycles. The fourth-order valence-corrected chi connectivity index (χ4v) is 5.45. The van der Waals surface area contributed by atoms with E-state index < -0.39 is 5.82 Å². The molecular formula is C31H40FN5O4. The van der Waals surface area contributed by atoms with Crippen molar-refractivity contribution in [3.63, 3.8) is 0 Å². The Bertz CT molecular complexity index is 1360. The van der Waals surface area contributed by atoms with Crippen LogP contribution in [0.1, 0.15) is 61.7 Å². The number of nitrogens with one attached hydrogen (secondary N) is 1. The zero-order valence-electron chi connectivity index (χ0n) is 24.9. The van der Waals surface area contributed by atoms with Crippen LogP contribution in [-0.4, -0.2) is 81.0 Å². The lowest BCUT2D eigenvalue weighted by Crippen LogP contribution is -2.46. The van der Waals surface area contributed by atoms with E-state index in [9.17, 15) is 4.79 Å². The van der Waals surface area contributed by atoms with Crippen LogP contribution in [0.25, 0.3) is 0 Å². The molecule has 4 rings (SSSR count). The van der Waals surface area contributed by atoms with Crippen LogP contribution in [-0.2, 0) is 12.0 Å². The molecular weight excluding hydrogens is 525 g/mol. The van der Waals surface area contributed by atoms with Crippen LogP contribution in [0.4, 0.5) is 10.1 Å². The van der Waals surface area contributed by atoms with Gasteiger partial charge in [0.05, 0.1) is 50.7 Å². The molecule has 0 radical (unpaired) electrons. The van der Waals surface area contributed by atoms with Crippen LogP contribution in [0.15, 0.2) is 18.2 Å². The molecule has 41 heavy (non-hydrogen) atoms. The van der Waals surface area contributed by atoms with Gasteiger partial charge in [0.15, 0.2) is 23.1 Å². The first-order valence-corrected chi connectivity index (χ1v) is 14.1. The van der Waals surface area contributed by atoms with Crippen LogP contribution in [0.3, 0.4) is 0 Å². The lowest BCUT2D eigenvalue weighted by molar-refractivity contribution is 0.0962. The minimum absolute atomic E-state index is 0.00416. The van der Waals surface area contributed by atoms with Crippen molar-refractivity contribution in [3.8, 4) is 23.3 Å². The van der Waals surface area contributed by atoms with E-state index in [0.29, 0.717) is 43.1 Å². The quantitative estimate of drug-likeness (QED) is 0.330. The molecule has 1 saturated heterocycles. The molecule has 1 fully saturated rings. The third-order valence-electron chi connectivity index (χ3n) is 7.52. The minimum Gasteiger partial charge on any atom is -0.494 e. The number of halogens is 1. The molecule has 2 aliphatic heterocycles. The maximum Gasteiger partial charge on any atom is 0.197 e. The Hall–Kier alpha value is -3.84. The number of ether oxygens (including phenoxy) is 3. The number of fused-ring (bicyclic) bond motifs is 1. The molecule has 0 atom stereocenters. The van der Waals surface area contributed by atoms with Crippen LogP contribution >= 0.6 is 0 Å². The summed E-state index contributed by atoms with van der Waals surface area (Å²) >= 11 is 0. The minimum atomic E-state index is -0.634. The number of methoxy groups -OCH3 is 1. The zero-order chi connectivity index (χ0) is 29.9. The van der Waals surface area contributed by atoms with Crippen molar-refractivity contribution in [3.05, 3.63) is 46.3 Å². The molecule has 0 bridgehead atoms. The van der Waals surface area contributed by atoms with E-state index >= 15 is 4.39 Å². The molecule has 10 heteroatoms. The number of anilines is 1. The first-order valence-electron chi connectivity index (χ1n) is 14.1. The Morgan fingerprint density at radius 2 is 1.76 bits per heavy atom. The molecule has 2 aromatic rings. The average molecular weight is 566 g/mol. The summed E-state index contributed by atoms with van der Waals surface area (Å²) in [5.41, 5.74) is 2.70. The summed E-state index contributed by atoms with van der Waals surface area (Å²) < 4.78 is 32.6. The molecule has 2 aromatic carbocycles. The van der Waals surface area contributed by atoms with Crippen LogP contribution in [0.2, 0.25) is 0 Å². The van der Waals surface area contributed by atoms with Gasteiger partial charge >= 0.3 is 0 Å². The number of benzene rings is 2. The van der Waals surface area contributed by atoms with E-state index in [0.717, 1.165) is 30.1 Å². The van der Waals surface area contributed by atoms with Crippen LogP contribution in [0, 0.1) is 22.6 Å². The SMILES string of the molecule is CCOc1cc2c(c(F)c1OCC)C(=N)N(CC(=O)c1cc(N3CCN(CC#N)CC3)c(OC)c(C(C)(C)C)c1)C2. The van der Waals surface area contributed by atoms with Crippen molar-refractivity contribution in [1.82, 2.24) is 9.80 Å². The lowest BCUT2D eigenvalue weighted by Gasteiger charge is -2.37. The molecule has 0 spiro atoms. The standard InChI is InChI=1S/C31H40FN5O4/c1-7-40-25-17-21-18-37(30(34)26(21)27(32)29(25)41-8-2)19-24(38)20-15-22(31(3,4)5)28(39-6)23(16-20)36-13-11-35(10-9-33)12-14-36/h15-17,34H,7-8,10-14,18-19H2,1-6H3. The summed E-state index contributed by atoms with van der Waals surface area (Å²) in [5.74, 6) is 0.179. The van der Waals surface area contributed by atoms with Gasteiger partial charge in [-0.15, -0.1) is 0 Å². The van der Waals surface area contributed by atoms with E-state index in [4.69, 9.17) is 24.9 Å². The highest BCUT2D eigenvalue weighted by Gasteiger charge is 2.34. The highest BCUT2D eigenvalue weighted by molar-refractivity contribution is 6.06. The number of hydrogen-bond acceptors (Lipinski definition) is 8. The summed E-state index contributed by atoms with van der Waals surface area (Å²) in [4.78, 5) is 19.7. The smallest absolute Gasteiger partial charge is 0.197 e. The van der Waals surface area contributed by atoms with Gasteiger partial charge in [0.1, 0.15) is 11.6 Å². The van der Waals surface area contributed by atoms with Gasteiger partial charge in [-0.05, 0) is 43.0 Å². The molecule has 1 N–H and O–H groups in total. The summed E-state index contributed by atoms with van der Waals surface area (Å²) in [7, 11) is 1.64. The van der Waals surface area contributed by atoms with Gasteiger partial charge in [0.25, 0.3) is 0 Å². The fraction of sp³-hybridized carbons (Fsp3) is 0.516. The molecule has 0 unspecified atom stereocenters. The van der Waals surface area contributed by atoms with E-state index in [1.54, 1.807) is 25.0 Å². The number of rotatable bonds is 10. The Morgan fingerprint density at radius 3 is 2.34 bits per heavy atom. The summed E-state index contributed by atoms with van der Waals surface area (Å²) in [5, 5.41) is 17.8. The van der Waals surface area contributed by atoms with Gasteiger partial charge in [-0.3, -0.25) is 15.1 Å². The number of piperazine rings is 1. The number of carbonyl (C=O) groups is 1. The second-order valence-electron chi connectivity index (χ2n) is 11.3. The Labute approximate surface area is 241 Å². The van der Waals surface area contributed by atoms with E-state index in [1.807, 2.05) is 19.1 Å². The molecule has 220 valence electrons. The monoisotopic (exact) mass is 565 g/mol. The zero-order valence-corrected chi connectivity index (χ0v) is 24.9. The van der Waals surface area contributed by atoms with E-state index in [-0.39, 0.29) is 48.0 Å². The molecule has 9 nitrogen and oxygen atoms in total. The molecule has 2 heterocycles. The predicted octanol–water partition coefficient (Wildman–Crippen LogP) is 4.60. The average Bonchev–Trinajstić information content (AvgIpc) is 3.24. The van der Waals surface area contributed by atoms with Gasteiger partial charge in [-0.25, -0.2) is 4.39 Å². The lowest BCUT2D eigenvalue weighted by atomic mass is 9.84. The second-order valence-corrected chi connectivity index (χ2v) is 11.3. The second kappa shape index (κ2) is 12.4. The highest BCUT2D eigenvalue weighted by Crippen LogP contribution is 2.42. The first kappa shape index (κ1) is 30.1. The number of hydrogen-bond donors (Lipinski definition) is 1.